The van der Waals surface area contributed by atoms with Crippen molar-refractivity contribution in [3.63, 3.8) is 0 Å². The van der Waals surface area contributed by atoms with Gasteiger partial charge in [-0.15, -0.1) is 0 Å². The zero-order chi connectivity index (χ0) is 16.0. The average Bonchev–Trinajstić information content (AvgIpc) is 2.57. The van der Waals surface area contributed by atoms with Crippen molar-refractivity contribution in [1.29, 1.82) is 0 Å². The Labute approximate surface area is 134 Å². The normalized spacial score (nSPS) is 10.8. The number of phosphoric ester groups is 1. The van der Waals surface area contributed by atoms with E-state index in [1.165, 1.54) is 0 Å². The summed E-state index contributed by atoms with van der Waals surface area (Å²) in [4.78, 5) is 0. The van der Waals surface area contributed by atoms with Gasteiger partial charge in [0.1, 0.15) is 17.2 Å². The molecule has 0 saturated carbocycles. The zero-order valence-electron chi connectivity index (χ0n) is 12.2. The molecule has 23 heavy (non-hydrogen) atoms. The predicted molar refractivity (Wildman–Crippen MR) is 88.8 cm³/mol. The quantitative estimate of drug-likeness (QED) is 0.572. The minimum atomic E-state index is -3.89. The maximum atomic E-state index is 13.1. The van der Waals surface area contributed by atoms with Gasteiger partial charge in [0, 0.05) is 0 Å². The molecule has 5 heteroatoms. The molecule has 0 saturated heterocycles. The Kier molecular flexibility index (Phi) is 4.65. The molecule has 0 bridgehead atoms. The van der Waals surface area contributed by atoms with Gasteiger partial charge in [-0.2, -0.15) is 4.57 Å². The molecular weight excluding hydrogens is 317 g/mol. The molecule has 0 unspecified atom stereocenters. The minimum absolute atomic E-state index is 0.405. The zero-order valence-corrected chi connectivity index (χ0v) is 13.1. The summed E-state index contributed by atoms with van der Waals surface area (Å²) in [5.41, 5.74) is 0. The van der Waals surface area contributed by atoms with Crippen molar-refractivity contribution in [2.75, 3.05) is 0 Å². The molecule has 0 amide bonds. The lowest BCUT2D eigenvalue weighted by Crippen LogP contribution is -2.07. The highest BCUT2D eigenvalue weighted by Gasteiger charge is 2.33. The molecule has 0 aliphatic rings. The maximum absolute atomic E-state index is 13.1. The number of rotatable bonds is 6. The Hall–Kier alpha value is -2.71. The lowest BCUT2D eigenvalue weighted by atomic mass is 10.3. The third kappa shape index (κ3) is 4.38. The summed E-state index contributed by atoms with van der Waals surface area (Å²) in [6.45, 7) is 0. The smallest absolute Gasteiger partial charge is 0.386 e. The Balaban J connectivity index is 1.87. The van der Waals surface area contributed by atoms with Crippen LogP contribution in [-0.4, -0.2) is 0 Å². The maximum Gasteiger partial charge on any atom is 0.647 e. The van der Waals surface area contributed by atoms with Crippen LogP contribution in [0.5, 0.6) is 17.2 Å². The molecule has 0 aliphatic carbocycles. The molecule has 0 heterocycles. The Bertz CT molecular complexity index is 668. The van der Waals surface area contributed by atoms with Gasteiger partial charge in [-0.3, -0.25) is 0 Å². The van der Waals surface area contributed by atoms with Gasteiger partial charge in [0.05, 0.1) is 0 Å². The summed E-state index contributed by atoms with van der Waals surface area (Å²) in [6.07, 6.45) is 0. The first-order chi connectivity index (χ1) is 11.2. The third-order valence-corrected chi connectivity index (χ3v) is 4.18. The molecule has 0 radical (unpaired) electrons. The average molecular weight is 332 g/mol. The first-order valence-electron chi connectivity index (χ1n) is 7.07. The van der Waals surface area contributed by atoms with Crippen LogP contribution in [-0.2, 0) is 4.57 Å². The first kappa shape index (κ1) is 15.2. The Morgan fingerprint density at radius 3 is 1.00 bits per heavy atom. The number of para-hydroxylation sites is 3. The second-order valence-electron chi connectivity index (χ2n) is 4.66. The van der Waals surface area contributed by atoms with E-state index in [1.807, 2.05) is 18.2 Å². The second-order valence-corrected chi connectivity index (χ2v) is 6.10. The summed E-state index contributed by atoms with van der Waals surface area (Å²) in [5, 5.41) is 0. The molecular formula is C18H15O4P. The third-order valence-electron chi connectivity index (χ3n) is 2.88. The summed E-state index contributed by atoms with van der Waals surface area (Å²) in [7, 11) is -3.89. The Morgan fingerprint density at radius 2 is 0.739 bits per heavy atom. The van der Waals surface area contributed by atoms with Crippen molar-refractivity contribution >= 4 is 7.82 Å². The van der Waals surface area contributed by atoms with E-state index in [0.29, 0.717) is 17.2 Å². The lowest BCUT2D eigenvalue weighted by Gasteiger charge is -2.19. The lowest BCUT2D eigenvalue weighted by molar-refractivity contribution is 0.298. The summed E-state index contributed by atoms with van der Waals surface area (Å²) >= 11 is 0. The fourth-order valence-electron chi connectivity index (χ4n) is 1.89. The number of phosphoric acid groups is 1. The van der Waals surface area contributed by atoms with Gasteiger partial charge in [0.15, 0.2) is 0 Å². The van der Waals surface area contributed by atoms with E-state index in [4.69, 9.17) is 13.6 Å². The van der Waals surface area contributed by atoms with E-state index in [-0.39, 0.29) is 0 Å². The molecule has 4 nitrogen and oxygen atoms in total. The van der Waals surface area contributed by atoms with Crippen molar-refractivity contribution in [2.24, 2.45) is 0 Å². The molecule has 0 aliphatic heterocycles. The minimum Gasteiger partial charge on any atom is -0.386 e. The first-order valence-corrected chi connectivity index (χ1v) is 8.54. The standard InChI is InChI=1S/C18H15O4P/c19-23(20-16-10-4-1-5-11-16,21-17-12-6-2-7-13-17)22-18-14-8-3-9-15-18/h1-15H/i1+1,4+1,5+1,10+1,11+1,16+1. The van der Waals surface area contributed by atoms with E-state index in [0.717, 1.165) is 0 Å². The van der Waals surface area contributed by atoms with Crippen LogP contribution in [0.2, 0.25) is 0 Å². The number of benzene rings is 3. The molecule has 0 spiro atoms. The van der Waals surface area contributed by atoms with Crippen molar-refractivity contribution in [2.45, 2.75) is 0 Å². The largest absolute Gasteiger partial charge is 0.647 e. The molecule has 0 aromatic heterocycles. The van der Waals surface area contributed by atoms with Crippen molar-refractivity contribution < 1.29 is 18.1 Å². The van der Waals surface area contributed by atoms with Crippen molar-refractivity contribution in [3.8, 4) is 17.2 Å². The van der Waals surface area contributed by atoms with Gasteiger partial charge in [-0.1, -0.05) is 54.6 Å². The fraction of sp³-hybridized carbons (Fsp3) is 0. The number of hydrogen-bond acceptors (Lipinski definition) is 4. The number of hydrogen-bond donors (Lipinski definition) is 0. The van der Waals surface area contributed by atoms with Crippen LogP contribution < -0.4 is 13.6 Å². The molecule has 3 rings (SSSR count). The van der Waals surface area contributed by atoms with Gasteiger partial charge in [0.25, 0.3) is 0 Å². The van der Waals surface area contributed by atoms with Gasteiger partial charge >= 0.3 is 7.82 Å². The van der Waals surface area contributed by atoms with Gasteiger partial charge in [-0.05, 0) is 36.4 Å². The van der Waals surface area contributed by atoms with Gasteiger partial charge in [-0.25, -0.2) is 0 Å². The van der Waals surface area contributed by atoms with Crippen molar-refractivity contribution in [3.05, 3.63) is 91.0 Å². The molecule has 0 fully saturated rings. The fourth-order valence-corrected chi connectivity index (χ4v) is 3.14. The van der Waals surface area contributed by atoms with Crippen LogP contribution in [0, 0.1) is 0 Å². The van der Waals surface area contributed by atoms with Crippen LogP contribution >= 0.6 is 7.82 Å². The highest BCUT2D eigenvalue weighted by Crippen LogP contribution is 2.49. The summed E-state index contributed by atoms with van der Waals surface area (Å²) < 4.78 is 29.6. The van der Waals surface area contributed by atoms with Crippen LogP contribution in [0.1, 0.15) is 0 Å². The SMILES string of the molecule is O=P(Oc1ccccc1)(Oc1ccccc1)O[13c]1[13cH][13cH][13cH][13cH][13cH]1. The monoisotopic (exact) mass is 332 g/mol. The topological polar surface area (TPSA) is 44.8 Å². The van der Waals surface area contributed by atoms with Crippen LogP contribution in [0.3, 0.4) is 0 Å². The van der Waals surface area contributed by atoms with E-state index in [1.54, 1.807) is 72.8 Å². The Morgan fingerprint density at radius 1 is 0.478 bits per heavy atom. The van der Waals surface area contributed by atoms with E-state index < -0.39 is 7.82 Å². The molecule has 116 valence electrons. The van der Waals surface area contributed by atoms with E-state index >= 15 is 0 Å². The summed E-state index contributed by atoms with van der Waals surface area (Å²) in [6, 6.07) is 26.4. The van der Waals surface area contributed by atoms with E-state index in [2.05, 4.69) is 0 Å². The highest BCUT2D eigenvalue weighted by molar-refractivity contribution is 7.49. The second kappa shape index (κ2) is 7.03. The molecule has 3 aromatic carbocycles. The van der Waals surface area contributed by atoms with Crippen LogP contribution in [0.25, 0.3) is 0 Å². The molecule has 0 atom stereocenters. The molecule has 3 aromatic rings. The van der Waals surface area contributed by atoms with Crippen LogP contribution in [0.4, 0.5) is 0 Å². The molecule has 0 N–H and O–H groups in total. The highest BCUT2D eigenvalue weighted by atomic mass is 31.2. The van der Waals surface area contributed by atoms with Gasteiger partial charge < -0.3 is 13.6 Å². The van der Waals surface area contributed by atoms with Gasteiger partial charge in [0.2, 0.25) is 0 Å². The van der Waals surface area contributed by atoms with Crippen molar-refractivity contribution in [1.82, 2.24) is 0 Å². The summed E-state index contributed by atoms with van der Waals surface area (Å²) in [5.74, 6) is 1.22. The van der Waals surface area contributed by atoms with Crippen LogP contribution in [0.15, 0.2) is 91.0 Å². The van der Waals surface area contributed by atoms with E-state index in [9.17, 15) is 4.57 Å². The predicted octanol–water partition coefficient (Wildman–Crippen LogP) is 5.33.